The molecule has 28 heavy (non-hydrogen) atoms. The first-order valence-corrected chi connectivity index (χ1v) is 9.01. The standard InChI is InChI=1S/C20H24F3N5/c1-12-8-13(2)28(25-12)17-7-6-16(19(9-17)20(21,22)23)10-24-11-18-14(3)26-27(5)15(18)4/h6-9,24H,10-11H2,1-5H3. The predicted molar refractivity (Wildman–Crippen MR) is 101 cm³/mol. The number of nitrogens with one attached hydrogen (secondary N) is 1. The van der Waals surface area contributed by atoms with Gasteiger partial charge in [0.1, 0.15) is 0 Å². The van der Waals surface area contributed by atoms with Gasteiger partial charge in [-0.25, -0.2) is 4.68 Å². The molecule has 0 aliphatic rings. The Morgan fingerprint density at radius 1 is 1.00 bits per heavy atom. The number of rotatable bonds is 5. The molecule has 8 heteroatoms. The Labute approximate surface area is 162 Å². The Bertz CT molecular complexity index is 998. The molecule has 0 spiro atoms. The Kier molecular flexibility index (Phi) is 5.34. The van der Waals surface area contributed by atoms with Gasteiger partial charge in [-0.3, -0.25) is 4.68 Å². The van der Waals surface area contributed by atoms with E-state index < -0.39 is 11.7 Å². The third kappa shape index (κ3) is 3.96. The van der Waals surface area contributed by atoms with E-state index in [0.29, 0.717) is 12.2 Å². The summed E-state index contributed by atoms with van der Waals surface area (Å²) in [5.74, 6) is 0. The lowest BCUT2D eigenvalue weighted by molar-refractivity contribution is -0.138. The van der Waals surface area contributed by atoms with Crippen LogP contribution in [-0.2, 0) is 26.3 Å². The zero-order valence-corrected chi connectivity index (χ0v) is 16.6. The second-order valence-corrected chi connectivity index (χ2v) is 7.05. The van der Waals surface area contributed by atoms with Crippen LogP contribution in [0, 0.1) is 27.7 Å². The molecule has 3 rings (SSSR count). The summed E-state index contributed by atoms with van der Waals surface area (Å²) < 4.78 is 44.3. The van der Waals surface area contributed by atoms with Crippen molar-refractivity contribution in [3.63, 3.8) is 0 Å². The Morgan fingerprint density at radius 3 is 2.25 bits per heavy atom. The van der Waals surface area contributed by atoms with Crippen molar-refractivity contribution < 1.29 is 13.2 Å². The van der Waals surface area contributed by atoms with Crippen LogP contribution in [0.5, 0.6) is 0 Å². The lowest BCUT2D eigenvalue weighted by Crippen LogP contribution is -2.18. The zero-order chi connectivity index (χ0) is 20.6. The molecular weight excluding hydrogens is 367 g/mol. The highest BCUT2D eigenvalue weighted by atomic mass is 19.4. The van der Waals surface area contributed by atoms with E-state index in [1.54, 1.807) is 10.7 Å². The van der Waals surface area contributed by atoms with E-state index in [1.165, 1.54) is 10.7 Å². The molecule has 2 aromatic heterocycles. The summed E-state index contributed by atoms with van der Waals surface area (Å²) in [6, 6.07) is 6.19. The van der Waals surface area contributed by atoms with Crippen LogP contribution in [0.15, 0.2) is 24.3 Å². The number of benzene rings is 1. The first-order valence-electron chi connectivity index (χ1n) is 9.01. The quantitative estimate of drug-likeness (QED) is 0.711. The Morgan fingerprint density at radius 2 is 1.71 bits per heavy atom. The van der Waals surface area contributed by atoms with Crippen molar-refractivity contribution in [1.29, 1.82) is 0 Å². The topological polar surface area (TPSA) is 47.7 Å². The molecule has 5 nitrogen and oxygen atoms in total. The molecule has 0 aliphatic heterocycles. The van der Waals surface area contributed by atoms with E-state index in [-0.39, 0.29) is 12.1 Å². The van der Waals surface area contributed by atoms with Crippen LogP contribution < -0.4 is 5.32 Å². The molecule has 0 aliphatic carbocycles. The SMILES string of the molecule is Cc1cc(C)n(-c2ccc(CNCc3c(C)nn(C)c3C)c(C(F)(F)F)c2)n1. The molecule has 0 bridgehead atoms. The van der Waals surface area contributed by atoms with Crippen molar-refractivity contribution in [3.8, 4) is 5.69 Å². The minimum absolute atomic E-state index is 0.111. The summed E-state index contributed by atoms with van der Waals surface area (Å²) in [4.78, 5) is 0. The van der Waals surface area contributed by atoms with Gasteiger partial charge in [0.15, 0.2) is 0 Å². The number of aromatic nitrogens is 4. The highest BCUT2D eigenvalue weighted by Crippen LogP contribution is 2.33. The molecule has 2 heterocycles. The van der Waals surface area contributed by atoms with E-state index in [1.807, 2.05) is 40.8 Å². The van der Waals surface area contributed by atoms with Crippen molar-refractivity contribution in [3.05, 3.63) is 63.7 Å². The van der Waals surface area contributed by atoms with Gasteiger partial charge in [-0.15, -0.1) is 0 Å². The van der Waals surface area contributed by atoms with Gasteiger partial charge in [0.05, 0.1) is 22.6 Å². The maximum absolute atomic E-state index is 13.7. The second kappa shape index (κ2) is 7.43. The number of halogens is 3. The Balaban J connectivity index is 1.85. The fourth-order valence-corrected chi connectivity index (χ4v) is 3.40. The highest BCUT2D eigenvalue weighted by molar-refractivity contribution is 5.43. The fraction of sp³-hybridized carbons (Fsp3) is 0.400. The largest absolute Gasteiger partial charge is 0.416 e. The number of nitrogens with zero attached hydrogens (tertiary/aromatic N) is 4. The molecule has 0 unspecified atom stereocenters. The lowest BCUT2D eigenvalue weighted by Gasteiger charge is -2.16. The summed E-state index contributed by atoms with van der Waals surface area (Å²) in [6.07, 6.45) is -4.44. The summed E-state index contributed by atoms with van der Waals surface area (Å²) in [6.45, 7) is 8.05. The third-order valence-corrected chi connectivity index (χ3v) is 4.93. The normalized spacial score (nSPS) is 12.0. The minimum atomic E-state index is -4.44. The van der Waals surface area contributed by atoms with Gasteiger partial charge in [0, 0.05) is 37.1 Å². The van der Waals surface area contributed by atoms with Crippen LogP contribution in [0.1, 0.15) is 39.5 Å². The number of aryl methyl sites for hydroxylation is 4. The van der Waals surface area contributed by atoms with Crippen molar-refractivity contribution in [1.82, 2.24) is 24.9 Å². The monoisotopic (exact) mass is 391 g/mol. The summed E-state index contributed by atoms with van der Waals surface area (Å²) in [7, 11) is 1.85. The Hall–Kier alpha value is -2.61. The van der Waals surface area contributed by atoms with Gasteiger partial charge < -0.3 is 5.32 Å². The third-order valence-electron chi connectivity index (χ3n) is 4.93. The van der Waals surface area contributed by atoms with Gasteiger partial charge in [-0.1, -0.05) is 6.07 Å². The van der Waals surface area contributed by atoms with E-state index in [9.17, 15) is 13.2 Å². The maximum Gasteiger partial charge on any atom is 0.416 e. The van der Waals surface area contributed by atoms with Gasteiger partial charge in [0.2, 0.25) is 0 Å². The fourth-order valence-electron chi connectivity index (χ4n) is 3.40. The first kappa shape index (κ1) is 20.1. The molecular formula is C20H24F3N5. The molecule has 0 saturated heterocycles. The van der Waals surface area contributed by atoms with Gasteiger partial charge >= 0.3 is 6.18 Å². The second-order valence-electron chi connectivity index (χ2n) is 7.05. The van der Waals surface area contributed by atoms with Crippen LogP contribution in [0.2, 0.25) is 0 Å². The van der Waals surface area contributed by atoms with Crippen LogP contribution in [0.25, 0.3) is 5.69 Å². The molecule has 3 aromatic rings. The lowest BCUT2D eigenvalue weighted by atomic mass is 10.1. The summed E-state index contributed by atoms with van der Waals surface area (Å²) in [5, 5.41) is 11.7. The van der Waals surface area contributed by atoms with E-state index >= 15 is 0 Å². The average Bonchev–Trinajstić information content (AvgIpc) is 3.06. The number of alkyl halides is 3. The number of hydrogen-bond donors (Lipinski definition) is 1. The molecule has 1 aromatic carbocycles. The average molecular weight is 391 g/mol. The molecule has 0 amide bonds. The maximum atomic E-state index is 13.7. The first-order chi connectivity index (χ1) is 13.1. The van der Waals surface area contributed by atoms with E-state index in [0.717, 1.165) is 34.4 Å². The van der Waals surface area contributed by atoms with Crippen LogP contribution in [0.3, 0.4) is 0 Å². The van der Waals surface area contributed by atoms with E-state index in [2.05, 4.69) is 15.5 Å². The van der Waals surface area contributed by atoms with Crippen molar-refractivity contribution >= 4 is 0 Å². The zero-order valence-electron chi connectivity index (χ0n) is 16.6. The van der Waals surface area contributed by atoms with Crippen LogP contribution in [-0.4, -0.2) is 19.6 Å². The van der Waals surface area contributed by atoms with E-state index in [4.69, 9.17) is 0 Å². The van der Waals surface area contributed by atoms with Gasteiger partial charge in [0.25, 0.3) is 0 Å². The number of hydrogen-bond acceptors (Lipinski definition) is 3. The molecule has 0 atom stereocenters. The highest BCUT2D eigenvalue weighted by Gasteiger charge is 2.33. The molecule has 0 saturated carbocycles. The van der Waals surface area contributed by atoms with Crippen molar-refractivity contribution in [2.24, 2.45) is 7.05 Å². The molecule has 0 fully saturated rings. The summed E-state index contributed by atoms with van der Waals surface area (Å²) >= 11 is 0. The molecule has 0 radical (unpaired) electrons. The van der Waals surface area contributed by atoms with Crippen molar-refractivity contribution in [2.45, 2.75) is 47.0 Å². The van der Waals surface area contributed by atoms with Crippen molar-refractivity contribution in [2.75, 3.05) is 0 Å². The van der Waals surface area contributed by atoms with Gasteiger partial charge in [-0.05, 0) is 51.5 Å². The van der Waals surface area contributed by atoms with Crippen LogP contribution in [0.4, 0.5) is 13.2 Å². The smallest absolute Gasteiger partial charge is 0.308 e. The summed E-state index contributed by atoms with van der Waals surface area (Å²) in [5.41, 5.74) is 4.40. The molecule has 150 valence electrons. The molecule has 1 N–H and O–H groups in total. The minimum Gasteiger partial charge on any atom is -0.308 e. The van der Waals surface area contributed by atoms with Crippen LogP contribution >= 0.6 is 0 Å². The predicted octanol–water partition coefficient (Wildman–Crippen LogP) is 4.15. The van der Waals surface area contributed by atoms with Gasteiger partial charge in [-0.2, -0.15) is 23.4 Å².